The highest BCUT2D eigenvalue weighted by atomic mass is 16.2. The van der Waals surface area contributed by atoms with E-state index in [9.17, 15) is 14.4 Å². The number of anilines is 1. The number of amides is 3. The molecule has 0 spiro atoms. The van der Waals surface area contributed by atoms with Gasteiger partial charge in [0, 0.05) is 37.9 Å². The summed E-state index contributed by atoms with van der Waals surface area (Å²) in [6.07, 6.45) is 6.14. The maximum absolute atomic E-state index is 13.5. The number of imide groups is 1. The zero-order valence-electron chi connectivity index (χ0n) is 21.7. The van der Waals surface area contributed by atoms with Crippen LogP contribution < -0.4 is 4.90 Å². The lowest BCUT2D eigenvalue weighted by atomic mass is 9.92. The summed E-state index contributed by atoms with van der Waals surface area (Å²) < 4.78 is 1.84. The van der Waals surface area contributed by atoms with Gasteiger partial charge in [-0.3, -0.25) is 24.0 Å². The fraction of sp³-hybridized carbons (Fsp3) is 0.571. The maximum Gasteiger partial charge on any atom is 0.263 e. The normalized spacial score (nSPS) is 22.4. The zero-order valence-corrected chi connectivity index (χ0v) is 21.7. The fourth-order valence-electron chi connectivity index (χ4n) is 6.23. The van der Waals surface area contributed by atoms with E-state index in [1.54, 1.807) is 6.07 Å². The molecule has 3 aliphatic rings. The van der Waals surface area contributed by atoms with Crippen molar-refractivity contribution in [1.82, 2.24) is 19.6 Å². The molecule has 2 saturated heterocycles. The number of rotatable bonds is 6. The first-order valence-electron chi connectivity index (χ1n) is 13.4. The number of hydrogen-bond acceptors (Lipinski definition) is 5. The van der Waals surface area contributed by atoms with Crippen LogP contribution in [0.4, 0.5) is 5.69 Å². The van der Waals surface area contributed by atoms with Crippen LogP contribution in [0.2, 0.25) is 0 Å². The van der Waals surface area contributed by atoms with E-state index in [-0.39, 0.29) is 30.2 Å². The minimum Gasteiger partial charge on any atom is -0.370 e. The molecule has 8 heteroatoms. The number of piperidine rings is 2. The van der Waals surface area contributed by atoms with E-state index in [4.69, 9.17) is 0 Å². The molecule has 0 radical (unpaired) electrons. The van der Waals surface area contributed by atoms with Gasteiger partial charge in [-0.25, -0.2) is 0 Å². The van der Waals surface area contributed by atoms with Crippen LogP contribution in [-0.2, 0) is 11.3 Å². The van der Waals surface area contributed by atoms with Crippen molar-refractivity contribution in [2.75, 3.05) is 31.1 Å². The molecule has 5 rings (SSSR count). The number of benzene rings is 1. The first-order chi connectivity index (χ1) is 17.4. The van der Waals surface area contributed by atoms with Gasteiger partial charge in [-0.2, -0.15) is 5.10 Å². The summed E-state index contributed by atoms with van der Waals surface area (Å²) in [4.78, 5) is 45.8. The van der Waals surface area contributed by atoms with Crippen LogP contribution in [0.3, 0.4) is 0 Å². The van der Waals surface area contributed by atoms with Gasteiger partial charge < -0.3 is 9.80 Å². The van der Waals surface area contributed by atoms with Gasteiger partial charge in [0.15, 0.2) is 0 Å². The minimum atomic E-state index is -0.248. The predicted octanol–water partition coefficient (Wildman–Crippen LogP) is 3.80. The Morgan fingerprint density at radius 3 is 2.61 bits per heavy atom. The lowest BCUT2D eigenvalue weighted by molar-refractivity contribution is -0.139. The molecule has 8 nitrogen and oxygen atoms in total. The number of fused-ring (bicyclic) bond motifs is 1. The summed E-state index contributed by atoms with van der Waals surface area (Å²) in [5.41, 5.74) is 3.64. The van der Waals surface area contributed by atoms with Crippen LogP contribution in [-0.4, -0.2) is 69.5 Å². The average Bonchev–Trinajstić information content (AvgIpc) is 3.35. The summed E-state index contributed by atoms with van der Waals surface area (Å²) in [6, 6.07) is 7.86. The molecule has 192 valence electrons. The Balaban J connectivity index is 1.33. The molecule has 1 aromatic carbocycles. The number of carbonyl (C=O) groups is 3. The number of aromatic nitrogens is 2. The molecular formula is C28H37N5O3. The second-order valence-electron chi connectivity index (χ2n) is 10.5. The molecule has 2 unspecified atom stereocenters. The topological polar surface area (TPSA) is 78.8 Å². The molecule has 2 aromatic rings. The summed E-state index contributed by atoms with van der Waals surface area (Å²) in [5, 5.41) is 4.46. The Morgan fingerprint density at radius 2 is 1.86 bits per heavy atom. The maximum atomic E-state index is 13.5. The summed E-state index contributed by atoms with van der Waals surface area (Å²) in [6.45, 7) is 9.05. The van der Waals surface area contributed by atoms with Crippen molar-refractivity contribution in [3.05, 3.63) is 46.8 Å². The van der Waals surface area contributed by atoms with Crippen LogP contribution >= 0.6 is 0 Å². The fourth-order valence-corrected chi connectivity index (χ4v) is 6.23. The van der Waals surface area contributed by atoms with Gasteiger partial charge in [0.25, 0.3) is 11.8 Å². The second-order valence-corrected chi connectivity index (χ2v) is 10.5. The lowest BCUT2D eigenvalue weighted by Crippen LogP contribution is -2.50. The third kappa shape index (κ3) is 4.42. The Morgan fingerprint density at radius 1 is 1.03 bits per heavy atom. The third-order valence-corrected chi connectivity index (χ3v) is 8.11. The van der Waals surface area contributed by atoms with Gasteiger partial charge >= 0.3 is 0 Å². The number of aryl methyl sites for hydroxylation is 2. The molecule has 3 aliphatic heterocycles. The Bertz CT molecular complexity index is 1170. The van der Waals surface area contributed by atoms with E-state index in [0.717, 1.165) is 62.3 Å². The van der Waals surface area contributed by atoms with E-state index in [2.05, 4.69) is 21.8 Å². The molecule has 36 heavy (non-hydrogen) atoms. The number of carbonyl (C=O) groups excluding carboxylic acids is 3. The molecular weight excluding hydrogens is 454 g/mol. The molecule has 4 heterocycles. The van der Waals surface area contributed by atoms with E-state index in [0.29, 0.717) is 30.3 Å². The Labute approximate surface area is 213 Å². The van der Waals surface area contributed by atoms with Gasteiger partial charge in [-0.15, -0.1) is 0 Å². The molecule has 0 N–H and O–H groups in total. The van der Waals surface area contributed by atoms with Crippen molar-refractivity contribution in [2.24, 2.45) is 5.92 Å². The van der Waals surface area contributed by atoms with Crippen LogP contribution in [0.25, 0.3) is 0 Å². The van der Waals surface area contributed by atoms with E-state index < -0.39 is 0 Å². The molecule has 2 fully saturated rings. The van der Waals surface area contributed by atoms with Gasteiger partial charge in [-0.1, -0.05) is 13.0 Å². The molecule has 2 atom stereocenters. The van der Waals surface area contributed by atoms with Crippen LogP contribution in [0.5, 0.6) is 0 Å². The highest BCUT2D eigenvalue weighted by Gasteiger charge is 2.40. The largest absolute Gasteiger partial charge is 0.370 e. The van der Waals surface area contributed by atoms with Crippen LogP contribution in [0, 0.1) is 19.8 Å². The first kappa shape index (κ1) is 24.5. The molecule has 1 aromatic heterocycles. The third-order valence-electron chi connectivity index (χ3n) is 8.11. The van der Waals surface area contributed by atoms with Crippen LogP contribution in [0.1, 0.15) is 77.6 Å². The smallest absolute Gasteiger partial charge is 0.263 e. The van der Waals surface area contributed by atoms with E-state index in [1.165, 1.54) is 11.3 Å². The monoisotopic (exact) mass is 491 g/mol. The Hall–Kier alpha value is -3.16. The van der Waals surface area contributed by atoms with Gasteiger partial charge in [0.1, 0.15) is 0 Å². The standard InChI is InChI=1S/C28H37N5O3/c1-4-22-10-5-6-14-31(22)26(34)21-9-8-13-30(18-21)24-12-7-11-23-25(24)28(36)32(27(23)35)15-16-33-20(3)17-19(2)29-33/h7,11-12,17,21-22H,4-6,8-10,13-16,18H2,1-3H3. The molecule has 0 aliphatic carbocycles. The van der Waals surface area contributed by atoms with E-state index >= 15 is 0 Å². The van der Waals surface area contributed by atoms with Crippen molar-refractivity contribution >= 4 is 23.4 Å². The van der Waals surface area contributed by atoms with Crippen molar-refractivity contribution < 1.29 is 14.4 Å². The van der Waals surface area contributed by atoms with E-state index in [1.807, 2.05) is 36.7 Å². The van der Waals surface area contributed by atoms with Crippen molar-refractivity contribution in [1.29, 1.82) is 0 Å². The average molecular weight is 492 g/mol. The van der Waals surface area contributed by atoms with Crippen molar-refractivity contribution in [3.8, 4) is 0 Å². The van der Waals surface area contributed by atoms with Crippen LogP contribution in [0.15, 0.2) is 24.3 Å². The predicted molar refractivity (Wildman–Crippen MR) is 138 cm³/mol. The SMILES string of the molecule is CCC1CCCCN1C(=O)C1CCCN(c2cccc3c2C(=O)N(CCn2nc(C)cc2C)C3=O)C1. The number of hydrogen-bond donors (Lipinski definition) is 0. The Kier molecular flexibility index (Phi) is 6.86. The summed E-state index contributed by atoms with van der Waals surface area (Å²) in [7, 11) is 0. The first-order valence-corrected chi connectivity index (χ1v) is 13.4. The number of likely N-dealkylation sites (tertiary alicyclic amines) is 1. The van der Waals surface area contributed by atoms with Gasteiger partial charge in [0.2, 0.25) is 5.91 Å². The van der Waals surface area contributed by atoms with Gasteiger partial charge in [-0.05, 0) is 70.6 Å². The summed E-state index contributed by atoms with van der Waals surface area (Å²) in [5.74, 6) is -0.311. The second kappa shape index (κ2) is 10.1. The molecule has 0 bridgehead atoms. The highest BCUT2D eigenvalue weighted by Crippen LogP contribution is 2.35. The van der Waals surface area contributed by atoms with Crippen molar-refractivity contribution in [3.63, 3.8) is 0 Å². The number of nitrogens with zero attached hydrogens (tertiary/aromatic N) is 5. The van der Waals surface area contributed by atoms with Crippen molar-refractivity contribution in [2.45, 2.75) is 71.9 Å². The van der Waals surface area contributed by atoms with Gasteiger partial charge in [0.05, 0.1) is 35.0 Å². The minimum absolute atomic E-state index is 0.0731. The molecule has 3 amide bonds. The molecule has 0 saturated carbocycles. The lowest BCUT2D eigenvalue weighted by Gasteiger charge is -2.41. The summed E-state index contributed by atoms with van der Waals surface area (Å²) >= 11 is 0. The highest BCUT2D eigenvalue weighted by molar-refractivity contribution is 6.23. The zero-order chi connectivity index (χ0) is 25.4. The quantitative estimate of drug-likeness (QED) is 0.575.